The molecule has 0 bridgehead atoms. The molecule has 0 amide bonds. The van der Waals surface area contributed by atoms with Crippen LogP contribution in [0.4, 0.5) is 0 Å². The summed E-state index contributed by atoms with van der Waals surface area (Å²) in [6.07, 6.45) is 1.89. The Bertz CT molecular complexity index is 697. The molecule has 2 N–H and O–H groups in total. The van der Waals surface area contributed by atoms with E-state index in [0.717, 1.165) is 26.7 Å². The molecule has 0 radical (unpaired) electrons. The lowest BCUT2D eigenvalue weighted by molar-refractivity contribution is 0.825. The van der Waals surface area contributed by atoms with Crippen LogP contribution in [0, 0.1) is 6.92 Å². The molecule has 0 spiro atoms. The van der Waals surface area contributed by atoms with Crippen LogP contribution in [-0.2, 0) is 0 Å². The number of thiazole rings is 1. The highest BCUT2D eigenvalue weighted by atomic mass is 32.1. The van der Waals surface area contributed by atoms with E-state index in [1.54, 1.807) is 22.7 Å². The van der Waals surface area contributed by atoms with Gasteiger partial charge in [0.25, 0.3) is 0 Å². The first-order chi connectivity index (χ1) is 8.65. The van der Waals surface area contributed by atoms with E-state index >= 15 is 0 Å². The van der Waals surface area contributed by atoms with Crippen molar-refractivity contribution in [1.82, 2.24) is 9.97 Å². The lowest BCUT2D eigenvalue weighted by atomic mass is 10.2. The summed E-state index contributed by atoms with van der Waals surface area (Å²) in [5.41, 5.74) is 9.08. The van der Waals surface area contributed by atoms with Gasteiger partial charge in [-0.15, -0.1) is 22.7 Å². The molecule has 0 aromatic carbocycles. The molecule has 0 aliphatic heterocycles. The SMILES string of the molecule is Cc1nc(-c2cnc3ccsc3c2)sc1C(C)N. The van der Waals surface area contributed by atoms with Gasteiger partial charge in [0.1, 0.15) is 5.01 Å². The standard InChI is InChI=1S/C13H13N3S2/c1-7(14)12-8(2)16-13(18-12)9-5-11-10(15-6-9)3-4-17-11/h3-7H,14H2,1-2H3. The Morgan fingerprint density at radius 3 is 2.94 bits per heavy atom. The van der Waals surface area contributed by atoms with E-state index in [-0.39, 0.29) is 6.04 Å². The molecule has 3 heterocycles. The van der Waals surface area contributed by atoms with E-state index in [2.05, 4.69) is 21.4 Å². The zero-order valence-electron chi connectivity index (χ0n) is 10.2. The first-order valence-corrected chi connectivity index (χ1v) is 7.41. The van der Waals surface area contributed by atoms with E-state index in [1.807, 2.05) is 26.1 Å². The minimum atomic E-state index is 0.0367. The van der Waals surface area contributed by atoms with Crippen molar-refractivity contribution in [3.05, 3.63) is 34.3 Å². The second-order valence-corrected chi connectivity index (χ2v) is 6.26. The van der Waals surface area contributed by atoms with Crippen LogP contribution in [0.1, 0.15) is 23.5 Å². The van der Waals surface area contributed by atoms with Gasteiger partial charge in [0.15, 0.2) is 0 Å². The highest BCUT2D eigenvalue weighted by Gasteiger charge is 2.13. The molecule has 1 atom stereocenters. The molecule has 3 aromatic heterocycles. The molecule has 0 fully saturated rings. The van der Waals surface area contributed by atoms with Crippen LogP contribution in [0.15, 0.2) is 23.7 Å². The van der Waals surface area contributed by atoms with Gasteiger partial charge in [-0.05, 0) is 31.4 Å². The summed E-state index contributed by atoms with van der Waals surface area (Å²) in [6, 6.07) is 4.22. The third-order valence-corrected chi connectivity index (χ3v) is 5.06. The van der Waals surface area contributed by atoms with Crippen LogP contribution in [0.2, 0.25) is 0 Å². The molecule has 5 heteroatoms. The summed E-state index contributed by atoms with van der Waals surface area (Å²) in [6.45, 7) is 4.00. The Labute approximate surface area is 113 Å². The number of thiophene rings is 1. The van der Waals surface area contributed by atoms with Crippen LogP contribution >= 0.6 is 22.7 Å². The molecule has 0 aliphatic carbocycles. The Hall–Kier alpha value is -1.30. The minimum Gasteiger partial charge on any atom is -0.323 e. The summed E-state index contributed by atoms with van der Waals surface area (Å²) in [5, 5.41) is 3.06. The number of rotatable bonds is 2. The van der Waals surface area contributed by atoms with Crippen molar-refractivity contribution in [3.63, 3.8) is 0 Å². The topological polar surface area (TPSA) is 51.8 Å². The van der Waals surface area contributed by atoms with E-state index in [9.17, 15) is 0 Å². The molecule has 92 valence electrons. The Kier molecular flexibility index (Phi) is 2.89. The number of hydrogen-bond donors (Lipinski definition) is 1. The highest BCUT2D eigenvalue weighted by molar-refractivity contribution is 7.17. The molecular formula is C13H13N3S2. The van der Waals surface area contributed by atoms with Gasteiger partial charge in [0, 0.05) is 22.7 Å². The van der Waals surface area contributed by atoms with Crippen molar-refractivity contribution >= 4 is 32.9 Å². The molecule has 0 saturated heterocycles. The monoisotopic (exact) mass is 275 g/mol. The number of fused-ring (bicyclic) bond motifs is 1. The van der Waals surface area contributed by atoms with Gasteiger partial charge in [-0.1, -0.05) is 0 Å². The number of aryl methyl sites for hydroxylation is 1. The van der Waals surface area contributed by atoms with E-state index in [1.165, 1.54) is 4.70 Å². The second kappa shape index (κ2) is 4.42. The number of pyridine rings is 1. The maximum absolute atomic E-state index is 5.94. The van der Waals surface area contributed by atoms with E-state index < -0.39 is 0 Å². The largest absolute Gasteiger partial charge is 0.323 e. The first-order valence-electron chi connectivity index (χ1n) is 5.71. The molecule has 3 aromatic rings. The number of hydrogen-bond acceptors (Lipinski definition) is 5. The van der Waals surface area contributed by atoms with Crippen molar-refractivity contribution in [2.75, 3.05) is 0 Å². The highest BCUT2D eigenvalue weighted by Crippen LogP contribution is 2.32. The fraction of sp³-hybridized carbons (Fsp3) is 0.231. The molecular weight excluding hydrogens is 262 g/mol. The first kappa shape index (κ1) is 11.8. The molecule has 3 rings (SSSR count). The predicted molar refractivity (Wildman–Crippen MR) is 78.1 cm³/mol. The van der Waals surface area contributed by atoms with Crippen LogP contribution in [0.3, 0.4) is 0 Å². The van der Waals surface area contributed by atoms with Crippen LogP contribution < -0.4 is 5.73 Å². The normalized spacial score (nSPS) is 13.1. The molecule has 0 saturated carbocycles. The van der Waals surface area contributed by atoms with Gasteiger partial charge < -0.3 is 5.73 Å². The quantitative estimate of drug-likeness (QED) is 0.775. The van der Waals surface area contributed by atoms with Gasteiger partial charge >= 0.3 is 0 Å². The summed E-state index contributed by atoms with van der Waals surface area (Å²) < 4.78 is 1.20. The van der Waals surface area contributed by atoms with Gasteiger partial charge in [0.2, 0.25) is 0 Å². The third kappa shape index (κ3) is 1.94. The predicted octanol–water partition coefficient (Wildman–Crippen LogP) is 3.75. The number of nitrogens with zero attached hydrogens (tertiary/aromatic N) is 2. The lowest BCUT2D eigenvalue weighted by Crippen LogP contribution is -2.03. The van der Waals surface area contributed by atoms with Gasteiger partial charge in [0.05, 0.1) is 15.9 Å². The molecule has 3 nitrogen and oxygen atoms in total. The van der Waals surface area contributed by atoms with Gasteiger partial charge in [-0.25, -0.2) is 4.98 Å². The number of nitrogens with two attached hydrogens (primary N) is 1. The zero-order valence-corrected chi connectivity index (χ0v) is 11.8. The van der Waals surface area contributed by atoms with Crippen molar-refractivity contribution in [2.24, 2.45) is 5.73 Å². The average Bonchev–Trinajstić information content (AvgIpc) is 2.93. The molecule has 0 aliphatic rings. The molecule has 1 unspecified atom stereocenters. The molecule has 18 heavy (non-hydrogen) atoms. The van der Waals surface area contributed by atoms with Crippen molar-refractivity contribution in [3.8, 4) is 10.6 Å². The summed E-state index contributed by atoms with van der Waals surface area (Å²) in [5.74, 6) is 0. The van der Waals surface area contributed by atoms with Crippen LogP contribution in [0.5, 0.6) is 0 Å². The summed E-state index contributed by atoms with van der Waals surface area (Å²) in [7, 11) is 0. The minimum absolute atomic E-state index is 0.0367. The third-order valence-electron chi connectivity index (χ3n) is 2.80. The maximum Gasteiger partial charge on any atom is 0.125 e. The number of aromatic nitrogens is 2. The van der Waals surface area contributed by atoms with Crippen LogP contribution in [0.25, 0.3) is 20.8 Å². The fourth-order valence-electron chi connectivity index (χ4n) is 1.92. The fourth-order valence-corrected chi connectivity index (χ4v) is 3.70. The van der Waals surface area contributed by atoms with Crippen molar-refractivity contribution < 1.29 is 0 Å². The maximum atomic E-state index is 5.94. The average molecular weight is 275 g/mol. The van der Waals surface area contributed by atoms with E-state index in [4.69, 9.17) is 5.73 Å². The van der Waals surface area contributed by atoms with Gasteiger partial charge in [-0.2, -0.15) is 0 Å². The van der Waals surface area contributed by atoms with Crippen molar-refractivity contribution in [2.45, 2.75) is 19.9 Å². The Morgan fingerprint density at radius 2 is 2.22 bits per heavy atom. The Balaban J connectivity index is 2.10. The van der Waals surface area contributed by atoms with Crippen LogP contribution in [-0.4, -0.2) is 9.97 Å². The van der Waals surface area contributed by atoms with E-state index in [0.29, 0.717) is 0 Å². The lowest BCUT2D eigenvalue weighted by Gasteiger charge is -1.99. The Morgan fingerprint density at radius 1 is 1.39 bits per heavy atom. The van der Waals surface area contributed by atoms with Crippen molar-refractivity contribution in [1.29, 1.82) is 0 Å². The summed E-state index contributed by atoms with van der Waals surface area (Å²) in [4.78, 5) is 10.2. The smallest absolute Gasteiger partial charge is 0.125 e. The second-order valence-electron chi connectivity index (χ2n) is 4.29. The van der Waals surface area contributed by atoms with Gasteiger partial charge in [-0.3, -0.25) is 4.98 Å². The zero-order chi connectivity index (χ0) is 12.7. The summed E-state index contributed by atoms with van der Waals surface area (Å²) >= 11 is 3.36.